The van der Waals surface area contributed by atoms with Crippen molar-refractivity contribution in [3.63, 3.8) is 0 Å². The van der Waals surface area contributed by atoms with Crippen LogP contribution in [0.25, 0.3) is 0 Å². The summed E-state index contributed by atoms with van der Waals surface area (Å²) in [6.07, 6.45) is 2.75. The topological polar surface area (TPSA) is 57.5 Å². The van der Waals surface area contributed by atoms with Crippen molar-refractivity contribution in [2.45, 2.75) is 38.0 Å². The van der Waals surface area contributed by atoms with Crippen molar-refractivity contribution >= 4 is 5.97 Å². The van der Waals surface area contributed by atoms with Gasteiger partial charge in [-0.3, -0.25) is 4.79 Å². The second kappa shape index (κ2) is 4.02. The van der Waals surface area contributed by atoms with Crippen LogP contribution in [0.15, 0.2) is 12.1 Å². The highest BCUT2D eigenvalue weighted by atomic mass is 19.1. The minimum absolute atomic E-state index is 0.426. The van der Waals surface area contributed by atoms with Crippen molar-refractivity contribution in [3.8, 4) is 5.75 Å². The fourth-order valence-electron chi connectivity index (χ4n) is 2.76. The predicted molar refractivity (Wildman–Crippen MR) is 60.6 cm³/mol. The molecule has 0 spiro atoms. The second-order valence-electron chi connectivity index (χ2n) is 4.71. The van der Waals surface area contributed by atoms with Gasteiger partial charge in [0.25, 0.3) is 0 Å². The number of benzene rings is 1. The predicted octanol–water partition coefficient (Wildman–Crippen LogP) is 2.74. The van der Waals surface area contributed by atoms with Crippen LogP contribution in [-0.4, -0.2) is 16.2 Å². The molecule has 4 heteroatoms. The maximum absolute atomic E-state index is 13.4. The van der Waals surface area contributed by atoms with Gasteiger partial charge < -0.3 is 10.2 Å². The Morgan fingerprint density at radius 1 is 1.35 bits per heavy atom. The lowest BCUT2D eigenvalue weighted by Gasteiger charge is -2.26. The van der Waals surface area contributed by atoms with Crippen molar-refractivity contribution in [2.75, 3.05) is 0 Å². The van der Waals surface area contributed by atoms with E-state index in [0.29, 0.717) is 24.0 Å². The average molecular weight is 238 g/mol. The molecule has 92 valence electrons. The number of carbonyl (C=O) groups is 1. The third-order valence-electron chi connectivity index (χ3n) is 3.68. The maximum Gasteiger partial charge on any atom is 0.314 e. The summed E-state index contributed by atoms with van der Waals surface area (Å²) in [6.45, 7) is 1.71. The highest BCUT2D eigenvalue weighted by molar-refractivity contribution is 5.82. The highest BCUT2D eigenvalue weighted by Gasteiger charge is 2.44. The molecule has 0 heterocycles. The van der Waals surface area contributed by atoms with Crippen LogP contribution >= 0.6 is 0 Å². The Hall–Kier alpha value is -1.58. The normalized spacial score (nSPS) is 18.2. The standard InChI is InChI=1S/C13H15FO3/c1-8-6-11(15)10(14)7-9(8)13(12(16)17)4-2-3-5-13/h6-7,15H,2-5H2,1H3,(H,16,17). The largest absolute Gasteiger partial charge is 0.505 e. The van der Waals surface area contributed by atoms with E-state index >= 15 is 0 Å². The lowest BCUT2D eigenvalue weighted by Crippen LogP contribution is -2.33. The van der Waals surface area contributed by atoms with Crippen molar-refractivity contribution < 1.29 is 19.4 Å². The van der Waals surface area contributed by atoms with E-state index in [-0.39, 0.29) is 0 Å². The number of rotatable bonds is 2. The molecule has 0 unspecified atom stereocenters. The van der Waals surface area contributed by atoms with Crippen LogP contribution in [0, 0.1) is 12.7 Å². The molecule has 0 aromatic heterocycles. The molecule has 1 aliphatic rings. The molecule has 1 saturated carbocycles. The van der Waals surface area contributed by atoms with E-state index in [9.17, 15) is 19.4 Å². The Balaban J connectivity index is 2.58. The number of halogens is 1. The van der Waals surface area contributed by atoms with Gasteiger partial charge in [-0.05, 0) is 43.0 Å². The fraction of sp³-hybridized carbons (Fsp3) is 0.462. The van der Waals surface area contributed by atoms with Crippen molar-refractivity contribution in [1.29, 1.82) is 0 Å². The van der Waals surface area contributed by atoms with Crippen LogP contribution < -0.4 is 0 Å². The first-order valence-corrected chi connectivity index (χ1v) is 5.70. The van der Waals surface area contributed by atoms with Gasteiger partial charge >= 0.3 is 5.97 Å². The smallest absolute Gasteiger partial charge is 0.314 e. The fourth-order valence-corrected chi connectivity index (χ4v) is 2.76. The molecule has 1 aromatic carbocycles. The summed E-state index contributed by atoms with van der Waals surface area (Å²) in [5, 5.41) is 18.7. The van der Waals surface area contributed by atoms with Crippen LogP contribution in [-0.2, 0) is 10.2 Å². The second-order valence-corrected chi connectivity index (χ2v) is 4.71. The van der Waals surface area contributed by atoms with Gasteiger partial charge in [0.15, 0.2) is 11.6 Å². The van der Waals surface area contributed by atoms with Gasteiger partial charge in [-0.25, -0.2) is 4.39 Å². The Bertz CT molecular complexity index is 462. The summed E-state index contributed by atoms with van der Waals surface area (Å²) in [6, 6.07) is 2.47. The lowest BCUT2D eigenvalue weighted by molar-refractivity contribution is -0.143. The van der Waals surface area contributed by atoms with E-state index in [1.807, 2.05) is 0 Å². The summed E-state index contributed by atoms with van der Waals surface area (Å²) in [7, 11) is 0. The number of aromatic hydroxyl groups is 1. The number of carboxylic acids is 1. The Kier molecular flexibility index (Phi) is 2.81. The van der Waals surface area contributed by atoms with E-state index in [0.717, 1.165) is 12.8 Å². The zero-order valence-electron chi connectivity index (χ0n) is 9.66. The molecule has 2 N–H and O–H groups in total. The van der Waals surface area contributed by atoms with E-state index in [1.165, 1.54) is 12.1 Å². The molecule has 3 nitrogen and oxygen atoms in total. The summed E-state index contributed by atoms with van der Waals surface area (Å²) >= 11 is 0. The number of aliphatic carboxylic acids is 1. The first-order valence-electron chi connectivity index (χ1n) is 5.70. The van der Waals surface area contributed by atoms with Crippen LogP contribution in [0.2, 0.25) is 0 Å². The third kappa shape index (κ3) is 1.77. The van der Waals surface area contributed by atoms with Crippen molar-refractivity contribution in [3.05, 3.63) is 29.1 Å². The first kappa shape index (κ1) is 11.9. The Labute approximate surface area is 98.9 Å². The van der Waals surface area contributed by atoms with E-state index < -0.39 is 23.0 Å². The monoisotopic (exact) mass is 238 g/mol. The van der Waals surface area contributed by atoms with E-state index in [1.54, 1.807) is 6.92 Å². The summed E-state index contributed by atoms with van der Waals surface area (Å²) in [5.41, 5.74) is 0.157. The molecule has 0 amide bonds. The molecule has 0 bridgehead atoms. The quantitative estimate of drug-likeness (QED) is 0.832. The first-order chi connectivity index (χ1) is 7.97. The van der Waals surface area contributed by atoms with Gasteiger partial charge in [0, 0.05) is 0 Å². The average Bonchev–Trinajstić information content (AvgIpc) is 2.73. The van der Waals surface area contributed by atoms with E-state index in [4.69, 9.17) is 0 Å². The van der Waals surface area contributed by atoms with E-state index in [2.05, 4.69) is 0 Å². The van der Waals surface area contributed by atoms with Gasteiger partial charge in [0.1, 0.15) is 0 Å². The molecule has 0 atom stereocenters. The van der Waals surface area contributed by atoms with Crippen LogP contribution in [0.5, 0.6) is 5.75 Å². The van der Waals surface area contributed by atoms with Gasteiger partial charge in [-0.15, -0.1) is 0 Å². The molecular formula is C13H15FO3. The van der Waals surface area contributed by atoms with Crippen LogP contribution in [0.1, 0.15) is 36.8 Å². The number of phenolic OH excluding ortho intramolecular Hbond substituents is 1. The SMILES string of the molecule is Cc1cc(O)c(F)cc1C1(C(=O)O)CCCC1. The Morgan fingerprint density at radius 2 is 1.94 bits per heavy atom. The molecule has 1 fully saturated rings. The molecule has 2 rings (SSSR count). The summed E-state index contributed by atoms with van der Waals surface area (Å²) in [5.74, 6) is -2.08. The zero-order chi connectivity index (χ0) is 12.6. The number of aryl methyl sites for hydroxylation is 1. The maximum atomic E-state index is 13.4. The lowest BCUT2D eigenvalue weighted by atomic mass is 9.77. The van der Waals surface area contributed by atoms with Crippen LogP contribution in [0.4, 0.5) is 4.39 Å². The molecule has 0 saturated heterocycles. The molecule has 0 aliphatic heterocycles. The number of hydrogen-bond donors (Lipinski definition) is 2. The highest BCUT2D eigenvalue weighted by Crippen LogP contribution is 2.43. The van der Waals surface area contributed by atoms with Crippen molar-refractivity contribution in [1.82, 2.24) is 0 Å². The Morgan fingerprint density at radius 3 is 2.47 bits per heavy atom. The molecular weight excluding hydrogens is 223 g/mol. The minimum atomic E-state index is -0.974. The van der Waals surface area contributed by atoms with Gasteiger partial charge in [-0.2, -0.15) is 0 Å². The van der Waals surface area contributed by atoms with Gasteiger partial charge in [0.05, 0.1) is 5.41 Å². The van der Waals surface area contributed by atoms with Crippen molar-refractivity contribution in [2.24, 2.45) is 0 Å². The number of carboxylic acid groups (broad SMARTS) is 1. The molecule has 1 aliphatic carbocycles. The van der Waals surface area contributed by atoms with Gasteiger partial charge in [0.2, 0.25) is 0 Å². The molecule has 17 heavy (non-hydrogen) atoms. The molecule has 1 aromatic rings. The zero-order valence-corrected chi connectivity index (χ0v) is 9.66. The summed E-state index contributed by atoms with van der Waals surface area (Å²) in [4.78, 5) is 11.5. The third-order valence-corrected chi connectivity index (χ3v) is 3.68. The minimum Gasteiger partial charge on any atom is -0.505 e. The van der Waals surface area contributed by atoms with Gasteiger partial charge in [-0.1, -0.05) is 12.8 Å². The summed E-state index contributed by atoms with van der Waals surface area (Å²) < 4.78 is 13.4. The molecule has 0 radical (unpaired) electrons. The van der Waals surface area contributed by atoms with Crippen LogP contribution in [0.3, 0.4) is 0 Å². The number of hydrogen-bond acceptors (Lipinski definition) is 2. The number of phenols is 1.